The van der Waals surface area contributed by atoms with E-state index in [2.05, 4.69) is 5.32 Å². The van der Waals surface area contributed by atoms with Crippen molar-refractivity contribution in [3.8, 4) is 11.5 Å². The maximum Gasteiger partial charge on any atom is 0.262 e. The monoisotopic (exact) mass is 368 g/mol. The van der Waals surface area contributed by atoms with Crippen molar-refractivity contribution in [1.82, 2.24) is 0 Å². The van der Waals surface area contributed by atoms with Crippen LogP contribution in [0, 0.1) is 0 Å². The van der Waals surface area contributed by atoms with Gasteiger partial charge in [-0.1, -0.05) is 23.2 Å². The zero-order chi connectivity index (χ0) is 17.5. The minimum atomic E-state index is -0.566. The smallest absolute Gasteiger partial charge is 0.262 e. The van der Waals surface area contributed by atoms with Gasteiger partial charge in [0.05, 0.1) is 5.02 Å². The fraction of sp³-hybridized carbons (Fsp3) is 0.125. The van der Waals surface area contributed by atoms with Crippen LogP contribution in [0.5, 0.6) is 11.5 Å². The molecule has 0 atom stereocenters. The maximum atomic E-state index is 11.9. The lowest BCUT2D eigenvalue weighted by Crippen LogP contribution is -2.20. The molecule has 2 aromatic rings. The van der Waals surface area contributed by atoms with Crippen molar-refractivity contribution in [2.45, 2.75) is 0 Å². The van der Waals surface area contributed by atoms with Gasteiger partial charge in [-0.15, -0.1) is 0 Å². The molecule has 0 saturated heterocycles. The van der Waals surface area contributed by atoms with E-state index in [9.17, 15) is 9.59 Å². The quantitative estimate of drug-likeness (QED) is 0.785. The highest BCUT2D eigenvalue weighted by atomic mass is 35.5. The van der Waals surface area contributed by atoms with E-state index in [1.807, 2.05) is 0 Å². The number of anilines is 1. The van der Waals surface area contributed by atoms with Crippen molar-refractivity contribution in [3.63, 3.8) is 0 Å². The SMILES string of the molecule is NC(=O)COc1ccc(NC(=O)COc2cc(Cl)ccc2Cl)cc1. The van der Waals surface area contributed by atoms with Gasteiger partial charge in [-0.3, -0.25) is 9.59 Å². The summed E-state index contributed by atoms with van der Waals surface area (Å²) in [5, 5.41) is 3.47. The number of hydrogen-bond acceptors (Lipinski definition) is 4. The van der Waals surface area contributed by atoms with Crippen LogP contribution >= 0.6 is 23.2 Å². The average molecular weight is 369 g/mol. The predicted octanol–water partition coefficient (Wildman–Crippen LogP) is 2.88. The van der Waals surface area contributed by atoms with Crippen LogP contribution in [0.2, 0.25) is 10.0 Å². The number of carbonyl (C=O) groups is 2. The molecule has 126 valence electrons. The number of hydrogen-bond donors (Lipinski definition) is 2. The molecule has 0 radical (unpaired) electrons. The molecule has 0 aliphatic rings. The topological polar surface area (TPSA) is 90.7 Å². The zero-order valence-electron chi connectivity index (χ0n) is 12.4. The lowest BCUT2D eigenvalue weighted by atomic mass is 10.3. The van der Waals surface area contributed by atoms with Crippen LogP contribution < -0.4 is 20.5 Å². The number of nitrogens with two attached hydrogens (primary N) is 1. The molecule has 2 rings (SSSR count). The largest absolute Gasteiger partial charge is 0.484 e. The van der Waals surface area contributed by atoms with Gasteiger partial charge in [0.15, 0.2) is 13.2 Å². The van der Waals surface area contributed by atoms with Gasteiger partial charge in [0.1, 0.15) is 11.5 Å². The standard InChI is InChI=1S/C16H14Cl2N2O4/c17-10-1-6-13(18)14(7-10)24-9-16(22)20-11-2-4-12(5-3-11)23-8-15(19)21/h1-7H,8-9H2,(H2,19,21)(H,20,22). The molecule has 8 heteroatoms. The van der Waals surface area contributed by atoms with E-state index in [0.29, 0.717) is 27.2 Å². The number of carbonyl (C=O) groups excluding carboxylic acids is 2. The molecule has 0 aromatic heterocycles. The van der Waals surface area contributed by atoms with Crippen molar-refractivity contribution >= 4 is 40.7 Å². The Morgan fingerprint density at radius 1 is 1.00 bits per heavy atom. The number of halogens is 2. The molecule has 0 saturated carbocycles. The zero-order valence-corrected chi connectivity index (χ0v) is 13.9. The van der Waals surface area contributed by atoms with Crippen molar-refractivity contribution in [2.24, 2.45) is 5.73 Å². The highest BCUT2D eigenvalue weighted by molar-refractivity contribution is 6.34. The molecular formula is C16H14Cl2N2O4. The lowest BCUT2D eigenvalue weighted by molar-refractivity contribution is -0.120. The Kier molecular flexibility index (Phi) is 6.28. The number of rotatable bonds is 7. The number of nitrogens with one attached hydrogen (secondary N) is 1. The predicted molar refractivity (Wildman–Crippen MR) is 91.7 cm³/mol. The first kappa shape index (κ1) is 17.9. The highest BCUT2D eigenvalue weighted by Crippen LogP contribution is 2.27. The van der Waals surface area contributed by atoms with Crippen molar-refractivity contribution in [3.05, 3.63) is 52.5 Å². The minimum absolute atomic E-state index is 0.208. The first-order valence-corrected chi connectivity index (χ1v) is 7.58. The van der Waals surface area contributed by atoms with Crippen LogP contribution in [0.15, 0.2) is 42.5 Å². The maximum absolute atomic E-state index is 11.9. The molecule has 3 N–H and O–H groups in total. The van der Waals surface area contributed by atoms with E-state index in [-0.39, 0.29) is 19.1 Å². The van der Waals surface area contributed by atoms with E-state index in [4.69, 9.17) is 38.4 Å². The van der Waals surface area contributed by atoms with Gasteiger partial charge in [0, 0.05) is 16.8 Å². The van der Waals surface area contributed by atoms with Gasteiger partial charge in [0.25, 0.3) is 11.8 Å². The Bertz CT molecular complexity index is 735. The van der Waals surface area contributed by atoms with E-state index >= 15 is 0 Å². The summed E-state index contributed by atoms with van der Waals surface area (Å²) in [5.74, 6) is -0.135. The normalized spacial score (nSPS) is 10.1. The molecule has 0 spiro atoms. The van der Waals surface area contributed by atoms with Gasteiger partial charge in [-0.2, -0.15) is 0 Å². The van der Waals surface area contributed by atoms with Gasteiger partial charge in [0.2, 0.25) is 0 Å². The third kappa shape index (κ3) is 5.64. The summed E-state index contributed by atoms with van der Waals surface area (Å²) in [6.45, 7) is -0.431. The Morgan fingerprint density at radius 3 is 2.38 bits per heavy atom. The Morgan fingerprint density at radius 2 is 1.71 bits per heavy atom. The van der Waals surface area contributed by atoms with Crippen LogP contribution in [0.25, 0.3) is 0 Å². The minimum Gasteiger partial charge on any atom is -0.484 e. The van der Waals surface area contributed by atoms with Crippen molar-refractivity contribution < 1.29 is 19.1 Å². The third-order valence-electron chi connectivity index (χ3n) is 2.77. The number of primary amides is 1. The Balaban J connectivity index is 1.85. The summed E-state index contributed by atoms with van der Waals surface area (Å²) in [4.78, 5) is 22.5. The van der Waals surface area contributed by atoms with E-state index in [1.54, 1.807) is 36.4 Å². The average Bonchev–Trinajstić information content (AvgIpc) is 2.55. The number of benzene rings is 2. The van der Waals surface area contributed by atoms with Gasteiger partial charge in [-0.05, 0) is 36.4 Å². The fourth-order valence-electron chi connectivity index (χ4n) is 1.72. The summed E-state index contributed by atoms with van der Waals surface area (Å²) >= 11 is 11.8. The second-order valence-electron chi connectivity index (χ2n) is 4.69. The first-order chi connectivity index (χ1) is 11.4. The lowest BCUT2D eigenvalue weighted by Gasteiger charge is -2.10. The first-order valence-electron chi connectivity index (χ1n) is 6.83. The van der Waals surface area contributed by atoms with Gasteiger partial charge in [-0.25, -0.2) is 0 Å². The van der Waals surface area contributed by atoms with Crippen molar-refractivity contribution in [1.29, 1.82) is 0 Å². The molecule has 0 heterocycles. The van der Waals surface area contributed by atoms with Crippen LogP contribution in [0.4, 0.5) is 5.69 Å². The summed E-state index contributed by atoms with van der Waals surface area (Å²) in [6.07, 6.45) is 0. The van der Waals surface area contributed by atoms with E-state index < -0.39 is 5.91 Å². The third-order valence-corrected chi connectivity index (χ3v) is 3.32. The molecule has 2 aromatic carbocycles. The summed E-state index contributed by atoms with van der Waals surface area (Å²) in [6, 6.07) is 11.2. The highest BCUT2D eigenvalue weighted by Gasteiger charge is 2.07. The van der Waals surface area contributed by atoms with Crippen LogP contribution in [-0.4, -0.2) is 25.0 Å². The molecule has 24 heavy (non-hydrogen) atoms. The molecule has 0 aliphatic heterocycles. The molecule has 0 bridgehead atoms. The van der Waals surface area contributed by atoms with Gasteiger partial charge >= 0.3 is 0 Å². The Labute approximate surface area is 148 Å². The molecule has 6 nitrogen and oxygen atoms in total. The molecule has 0 unspecified atom stereocenters. The molecule has 0 fully saturated rings. The molecular weight excluding hydrogens is 355 g/mol. The molecule has 0 aliphatic carbocycles. The van der Waals surface area contributed by atoms with Crippen LogP contribution in [0.1, 0.15) is 0 Å². The second-order valence-corrected chi connectivity index (χ2v) is 5.53. The second kappa shape index (κ2) is 8.42. The van der Waals surface area contributed by atoms with Crippen molar-refractivity contribution in [2.75, 3.05) is 18.5 Å². The fourth-order valence-corrected chi connectivity index (χ4v) is 2.05. The summed E-state index contributed by atoms with van der Waals surface area (Å²) in [7, 11) is 0. The Hall–Kier alpha value is -2.44. The summed E-state index contributed by atoms with van der Waals surface area (Å²) in [5.41, 5.74) is 5.53. The van der Waals surface area contributed by atoms with E-state index in [0.717, 1.165) is 0 Å². The van der Waals surface area contributed by atoms with E-state index in [1.165, 1.54) is 6.07 Å². The summed E-state index contributed by atoms with van der Waals surface area (Å²) < 4.78 is 10.5. The number of ether oxygens (including phenoxy) is 2. The van der Waals surface area contributed by atoms with Crippen LogP contribution in [0.3, 0.4) is 0 Å². The van der Waals surface area contributed by atoms with Gasteiger partial charge < -0.3 is 20.5 Å². The molecule has 2 amide bonds. The van der Waals surface area contributed by atoms with Crippen LogP contribution in [-0.2, 0) is 9.59 Å². The number of amides is 2.